The number of hydrogen-bond acceptors (Lipinski definition) is 18. The van der Waals surface area contributed by atoms with Gasteiger partial charge in [-0.25, -0.2) is 15.1 Å². The van der Waals surface area contributed by atoms with Gasteiger partial charge in [0, 0.05) is 97.6 Å². The Hall–Kier alpha value is -6.10. The minimum Gasteiger partial charge on any atom is -0.398 e. The van der Waals surface area contributed by atoms with E-state index in [-0.39, 0.29) is 22.6 Å². The molecule has 0 bridgehead atoms. The van der Waals surface area contributed by atoms with Crippen LogP contribution >= 0.6 is 22.7 Å². The van der Waals surface area contributed by atoms with Crippen molar-refractivity contribution in [3.63, 3.8) is 0 Å². The van der Waals surface area contributed by atoms with Crippen molar-refractivity contribution in [3.8, 4) is 0 Å². The maximum absolute atomic E-state index is 11.5. The SMILES string of the molecule is CC(C)(C)[Si](O[C@H](c1nccs1)[C@H]1CCCNC1)(c1ccccc1)c1ccccc1.O=c1[nH]nnc2cc(N3CCOCC3)ccc12.O[C@H](c1nccs1)[C@H]1CCCN(c2nnnc3cc(N4CCOCC4)ccc23)C1. The van der Waals surface area contributed by atoms with Crippen LogP contribution in [0.5, 0.6) is 0 Å². The average molecular weight is 1080 g/mol. The van der Waals surface area contributed by atoms with Gasteiger partial charge in [0.15, 0.2) is 5.82 Å². The third-order valence-corrected chi connectivity index (χ3v) is 21.6. The highest BCUT2D eigenvalue weighted by atomic mass is 32.1. The zero-order valence-electron chi connectivity index (χ0n) is 43.5. The third kappa shape index (κ3) is 12.2. The van der Waals surface area contributed by atoms with Crippen LogP contribution in [0, 0.1) is 11.8 Å². The zero-order valence-corrected chi connectivity index (χ0v) is 46.2. The Kier molecular flexibility index (Phi) is 17.5. The number of thiazole rings is 2. The number of nitrogens with zero attached hydrogens (tertiary/aromatic N) is 10. The second-order valence-corrected chi connectivity index (χ2v) is 26.8. The van der Waals surface area contributed by atoms with Crippen molar-refractivity contribution in [2.45, 2.75) is 63.7 Å². The highest BCUT2D eigenvalue weighted by Gasteiger charge is 2.53. The first kappa shape index (κ1) is 53.3. The molecule has 12 rings (SSSR count). The molecule has 4 aromatic heterocycles. The van der Waals surface area contributed by atoms with E-state index in [0.29, 0.717) is 16.8 Å². The predicted octanol–water partition coefficient (Wildman–Crippen LogP) is 7.18. The van der Waals surface area contributed by atoms with Crippen LogP contribution in [0.3, 0.4) is 0 Å². The molecule has 0 radical (unpaired) electrons. The summed E-state index contributed by atoms with van der Waals surface area (Å²) >= 11 is 3.23. The Morgan fingerprint density at radius 1 is 0.697 bits per heavy atom. The minimum atomic E-state index is -2.61. The summed E-state index contributed by atoms with van der Waals surface area (Å²) in [7, 11) is -2.61. The Balaban J connectivity index is 0.000000135. The second-order valence-electron chi connectivity index (χ2n) is 20.7. The lowest BCUT2D eigenvalue weighted by molar-refractivity contribution is 0.0977. The maximum atomic E-state index is 11.5. The Morgan fingerprint density at radius 3 is 1.87 bits per heavy atom. The fourth-order valence-electron chi connectivity index (χ4n) is 11.0. The highest BCUT2D eigenvalue weighted by molar-refractivity contribution is 7.10. The summed E-state index contributed by atoms with van der Waals surface area (Å²) in [6, 6.07) is 33.8. The molecule has 4 aliphatic rings. The minimum absolute atomic E-state index is 0.00380. The molecule has 4 saturated heterocycles. The lowest BCUT2D eigenvalue weighted by Gasteiger charge is -2.46. The molecule has 0 saturated carbocycles. The number of benzene rings is 4. The first-order valence-corrected chi connectivity index (χ1v) is 30.2. The van der Waals surface area contributed by atoms with Crippen LogP contribution in [0.2, 0.25) is 5.04 Å². The van der Waals surface area contributed by atoms with Crippen molar-refractivity contribution in [2.24, 2.45) is 11.8 Å². The van der Waals surface area contributed by atoms with Crippen molar-refractivity contribution in [2.75, 3.05) is 93.5 Å². The van der Waals surface area contributed by atoms with E-state index in [1.807, 2.05) is 23.7 Å². The van der Waals surface area contributed by atoms with E-state index in [1.165, 1.54) is 34.6 Å². The van der Waals surface area contributed by atoms with Crippen molar-refractivity contribution in [1.82, 2.24) is 46.1 Å². The molecule has 3 N–H and O–H groups in total. The number of aliphatic hydroxyl groups excluding tert-OH is 1. The number of H-pyrrole nitrogens is 1. The molecular weight excluding hydrogens is 1010 g/mol. The summed E-state index contributed by atoms with van der Waals surface area (Å²) in [4.78, 5) is 27.3. The molecule has 4 aliphatic heterocycles. The molecular formula is C56H68N12O5S2Si. The number of aliphatic hydroxyl groups is 1. The normalized spacial score (nSPS) is 19.3. The van der Waals surface area contributed by atoms with Gasteiger partial charge in [-0.05, 0) is 89.3 Å². The smallest absolute Gasteiger partial charge is 0.275 e. The van der Waals surface area contributed by atoms with Crippen molar-refractivity contribution < 1.29 is 19.0 Å². The van der Waals surface area contributed by atoms with E-state index in [4.69, 9.17) is 18.9 Å². The monoisotopic (exact) mass is 1080 g/mol. The number of ether oxygens (including phenoxy) is 2. The molecule has 4 atom stereocenters. The number of fused-ring (bicyclic) bond motifs is 2. The van der Waals surface area contributed by atoms with Crippen molar-refractivity contribution >= 4 is 80.4 Å². The van der Waals surface area contributed by atoms with Gasteiger partial charge in [-0.15, -0.1) is 38.0 Å². The molecule has 8 aromatic rings. The molecule has 0 amide bonds. The van der Waals surface area contributed by atoms with Crippen LogP contribution in [0.1, 0.15) is 68.7 Å². The topological polar surface area (TPSA) is 193 Å². The number of aromatic amines is 1. The van der Waals surface area contributed by atoms with E-state index in [1.54, 1.807) is 23.6 Å². The lowest BCUT2D eigenvalue weighted by atomic mass is 9.92. The third-order valence-electron chi connectivity index (χ3n) is 14.9. The Labute approximate surface area is 452 Å². The van der Waals surface area contributed by atoms with Gasteiger partial charge in [0.2, 0.25) is 0 Å². The summed E-state index contributed by atoms with van der Waals surface area (Å²) in [5.74, 6) is 1.42. The number of hydrogen-bond donors (Lipinski definition) is 3. The summed E-state index contributed by atoms with van der Waals surface area (Å²) < 4.78 is 18.3. The molecule has 8 heterocycles. The molecule has 20 heteroatoms. The van der Waals surface area contributed by atoms with Crippen molar-refractivity contribution in [3.05, 3.63) is 141 Å². The molecule has 4 fully saturated rings. The zero-order chi connectivity index (χ0) is 52.3. The summed E-state index contributed by atoms with van der Waals surface area (Å²) in [6.07, 6.45) is 7.48. The molecule has 0 aliphatic carbocycles. The fraction of sp³-hybridized carbons (Fsp3) is 0.429. The van der Waals surface area contributed by atoms with Gasteiger partial charge in [-0.3, -0.25) is 4.79 Å². The van der Waals surface area contributed by atoms with E-state index in [2.05, 4.69) is 161 Å². The van der Waals surface area contributed by atoms with E-state index < -0.39 is 14.4 Å². The van der Waals surface area contributed by atoms with Gasteiger partial charge in [0.25, 0.3) is 13.9 Å². The number of morpholine rings is 2. The molecule has 4 aromatic carbocycles. The number of piperidine rings is 2. The van der Waals surface area contributed by atoms with Gasteiger partial charge >= 0.3 is 0 Å². The summed E-state index contributed by atoms with van der Waals surface area (Å²) in [5, 5.41) is 46.9. The molecule has 0 spiro atoms. The first-order valence-electron chi connectivity index (χ1n) is 26.5. The first-order chi connectivity index (χ1) is 37.2. The van der Waals surface area contributed by atoms with Crippen LogP contribution in [-0.2, 0) is 13.9 Å². The largest absolute Gasteiger partial charge is 0.398 e. The fourth-order valence-corrected chi connectivity index (χ4v) is 17.2. The van der Waals surface area contributed by atoms with Crippen LogP contribution in [-0.4, -0.2) is 133 Å². The van der Waals surface area contributed by atoms with Gasteiger partial charge in [-0.2, -0.15) is 0 Å². The molecule has 0 unspecified atom stereocenters. The Bertz CT molecular complexity index is 3080. The number of aromatic nitrogens is 8. The van der Waals surface area contributed by atoms with Crippen LogP contribution < -0.4 is 35.9 Å². The molecule has 76 heavy (non-hydrogen) atoms. The standard InChI is InChI=1S/C25H32N2OSSi.C20H24N6O2S.C11H12N4O2/c1-25(2,3)30(21-12-6-4-7-13-21,22-14-8-5-9-15-22)28-23(24-27-17-18-29-24)20-11-10-16-26-19-20;27-18(20-21-5-11-29-20)14-2-1-6-26(13-14)19-16-4-3-15(12-17(16)22-24-23-19)25-7-9-28-10-8-25;16-11-9-2-1-8(7-10(9)12-14-13-11)15-3-5-17-6-4-15/h4-9,12-15,17-18,20,23,26H,10-11,16,19H2,1-3H3;3-5,11-12,14,18,27H,1-2,6-10,13H2;1-2,7H,3-6H2,(H,12,13,16)/t20-,23-;14-,18-;/m00./s1. The predicted molar refractivity (Wildman–Crippen MR) is 305 cm³/mol. The van der Waals surface area contributed by atoms with Gasteiger partial charge < -0.3 is 39.0 Å². The van der Waals surface area contributed by atoms with Crippen LogP contribution in [0.25, 0.3) is 21.8 Å². The number of nitrogens with one attached hydrogen (secondary N) is 2. The molecule has 398 valence electrons. The van der Waals surface area contributed by atoms with Gasteiger partial charge in [-0.1, -0.05) is 86.6 Å². The summed E-state index contributed by atoms with van der Waals surface area (Å²) in [5.41, 5.74) is 3.46. The Morgan fingerprint density at radius 2 is 1.29 bits per heavy atom. The average Bonchev–Trinajstić information content (AvgIpc) is 4.28. The lowest BCUT2D eigenvalue weighted by Crippen LogP contribution is -2.67. The van der Waals surface area contributed by atoms with Crippen LogP contribution in [0.15, 0.2) is 125 Å². The van der Waals surface area contributed by atoms with E-state index in [0.717, 1.165) is 130 Å². The number of rotatable bonds is 11. The van der Waals surface area contributed by atoms with Gasteiger partial charge in [0.05, 0.1) is 31.8 Å². The van der Waals surface area contributed by atoms with Gasteiger partial charge in [0.1, 0.15) is 33.3 Å². The number of anilines is 3. The summed E-state index contributed by atoms with van der Waals surface area (Å²) in [6.45, 7) is 17.2. The second kappa shape index (κ2) is 24.9. The molecule has 17 nitrogen and oxygen atoms in total. The van der Waals surface area contributed by atoms with Crippen molar-refractivity contribution in [1.29, 1.82) is 0 Å². The van der Waals surface area contributed by atoms with Crippen LogP contribution in [0.4, 0.5) is 17.2 Å². The van der Waals surface area contributed by atoms with E-state index >= 15 is 0 Å². The highest BCUT2D eigenvalue weighted by Crippen LogP contribution is 2.43. The van der Waals surface area contributed by atoms with E-state index in [9.17, 15) is 9.90 Å². The maximum Gasteiger partial charge on any atom is 0.275 e. The quantitative estimate of drug-likeness (QED) is 0.110.